The van der Waals surface area contributed by atoms with Gasteiger partial charge in [-0.2, -0.15) is 0 Å². The molecule has 0 amide bonds. The highest BCUT2D eigenvalue weighted by Gasteiger charge is 2.15. The lowest BCUT2D eigenvalue weighted by atomic mass is 10.1. The van der Waals surface area contributed by atoms with Crippen LogP contribution in [-0.4, -0.2) is 9.55 Å². The molecule has 0 aliphatic heterocycles. The van der Waals surface area contributed by atoms with Gasteiger partial charge < -0.3 is 4.42 Å². The minimum absolute atomic E-state index is 0.828. The number of benzene rings is 2. The summed E-state index contributed by atoms with van der Waals surface area (Å²) >= 11 is 0. The van der Waals surface area contributed by atoms with Gasteiger partial charge >= 0.3 is 0 Å². The number of hydrogen-bond acceptors (Lipinski definition) is 2. The number of aromatic nitrogens is 2. The van der Waals surface area contributed by atoms with E-state index in [2.05, 4.69) is 28.8 Å². The summed E-state index contributed by atoms with van der Waals surface area (Å²) in [6.45, 7) is 0. The van der Waals surface area contributed by atoms with Gasteiger partial charge in [-0.25, -0.2) is 4.98 Å². The van der Waals surface area contributed by atoms with Crippen LogP contribution in [0.15, 0.2) is 89.5 Å². The fourth-order valence-electron chi connectivity index (χ4n) is 3.23. The third-order valence-corrected chi connectivity index (χ3v) is 4.32. The average Bonchev–Trinajstić information content (AvgIpc) is 3.23. The molecule has 0 bridgehead atoms. The monoisotopic (exact) mass is 310 g/mol. The summed E-state index contributed by atoms with van der Waals surface area (Å²) in [5, 5.41) is 2.28. The maximum atomic E-state index is 5.76. The summed E-state index contributed by atoms with van der Waals surface area (Å²) in [6.07, 6.45) is 1.73. The van der Waals surface area contributed by atoms with E-state index in [4.69, 9.17) is 9.40 Å². The first-order chi connectivity index (χ1) is 11.9. The molecule has 0 aliphatic carbocycles. The zero-order valence-electron chi connectivity index (χ0n) is 12.9. The Morgan fingerprint density at radius 3 is 2.46 bits per heavy atom. The molecule has 0 atom stereocenters. The van der Waals surface area contributed by atoms with Crippen molar-refractivity contribution in [1.82, 2.24) is 9.55 Å². The molecule has 2 aromatic carbocycles. The number of rotatable bonds is 2. The molecule has 0 radical (unpaired) electrons. The number of furan rings is 1. The second-order valence-corrected chi connectivity index (χ2v) is 5.74. The predicted octanol–water partition coefficient (Wildman–Crippen LogP) is 5.44. The maximum Gasteiger partial charge on any atom is 0.213 e. The lowest BCUT2D eigenvalue weighted by molar-refractivity contribution is 0.595. The number of hydrogen-bond donors (Lipinski definition) is 0. The highest BCUT2D eigenvalue weighted by Crippen LogP contribution is 2.32. The van der Waals surface area contributed by atoms with Crippen LogP contribution in [0.1, 0.15) is 0 Å². The number of fused-ring (bicyclic) bond motifs is 3. The fraction of sp³-hybridized carbons (Fsp3) is 0. The minimum Gasteiger partial charge on any atom is -0.447 e. The Bertz CT molecular complexity index is 1150. The third-order valence-electron chi connectivity index (χ3n) is 4.32. The number of pyridine rings is 1. The Morgan fingerprint density at radius 1 is 0.708 bits per heavy atom. The topological polar surface area (TPSA) is 31.0 Å². The van der Waals surface area contributed by atoms with E-state index in [0.29, 0.717) is 0 Å². The summed E-state index contributed by atoms with van der Waals surface area (Å²) < 4.78 is 7.84. The van der Waals surface area contributed by atoms with Crippen LogP contribution in [0.25, 0.3) is 39.1 Å². The van der Waals surface area contributed by atoms with Crippen molar-refractivity contribution in [3.63, 3.8) is 0 Å². The molecule has 24 heavy (non-hydrogen) atoms. The van der Waals surface area contributed by atoms with Crippen molar-refractivity contribution in [2.24, 2.45) is 0 Å². The molecule has 0 unspecified atom stereocenters. The molecule has 0 saturated carbocycles. The SMILES string of the molecule is c1ccc(-c2cccc(-n3c4ccccc4c4ccoc43)n2)cc1. The van der Waals surface area contributed by atoms with E-state index in [1.54, 1.807) is 6.26 Å². The van der Waals surface area contributed by atoms with Gasteiger partial charge in [0, 0.05) is 16.3 Å². The second-order valence-electron chi connectivity index (χ2n) is 5.74. The molecule has 0 saturated heterocycles. The van der Waals surface area contributed by atoms with Gasteiger partial charge in [-0.1, -0.05) is 54.6 Å². The van der Waals surface area contributed by atoms with Crippen LogP contribution in [0.4, 0.5) is 0 Å². The van der Waals surface area contributed by atoms with Gasteiger partial charge in [-0.15, -0.1) is 0 Å². The van der Waals surface area contributed by atoms with Gasteiger partial charge in [0.25, 0.3) is 0 Å². The highest BCUT2D eigenvalue weighted by atomic mass is 16.3. The first kappa shape index (κ1) is 13.1. The second kappa shape index (κ2) is 5.10. The Labute approximate surface area is 138 Å². The minimum atomic E-state index is 0.828. The van der Waals surface area contributed by atoms with Crippen LogP contribution in [0.3, 0.4) is 0 Å². The molecule has 5 rings (SSSR count). The Hall–Kier alpha value is -3.33. The molecular formula is C21H14N2O. The van der Waals surface area contributed by atoms with Crippen LogP contribution >= 0.6 is 0 Å². The van der Waals surface area contributed by atoms with E-state index in [-0.39, 0.29) is 0 Å². The first-order valence-electron chi connectivity index (χ1n) is 7.91. The maximum absolute atomic E-state index is 5.76. The zero-order chi connectivity index (χ0) is 15.9. The third kappa shape index (κ3) is 1.88. The number of para-hydroxylation sites is 1. The van der Waals surface area contributed by atoms with Crippen LogP contribution in [-0.2, 0) is 0 Å². The van der Waals surface area contributed by atoms with E-state index in [9.17, 15) is 0 Å². The van der Waals surface area contributed by atoms with Crippen molar-refractivity contribution in [2.45, 2.75) is 0 Å². The van der Waals surface area contributed by atoms with Gasteiger partial charge in [-0.3, -0.25) is 4.57 Å². The van der Waals surface area contributed by atoms with Crippen molar-refractivity contribution in [3.8, 4) is 17.1 Å². The summed E-state index contributed by atoms with van der Waals surface area (Å²) in [7, 11) is 0. The quantitative estimate of drug-likeness (QED) is 0.435. The lowest BCUT2D eigenvalue weighted by Gasteiger charge is -2.07. The highest BCUT2D eigenvalue weighted by molar-refractivity contribution is 6.07. The van der Waals surface area contributed by atoms with Crippen LogP contribution in [0.5, 0.6) is 0 Å². The standard InChI is InChI=1S/C21H14N2O/c1-2-7-15(8-3-1)18-10-6-12-20(22-18)23-19-11-5-4-9-16(19)17-13-14-24-21(17)23/h1-14H. The van der Waals surface area contributed by atoms with E-state index in [1.807, 2.05) is 54.6 Å². The molecule has 3 nitrogen and oxygen atoms in total. The van der Waals surface area contributed by atoms with Crippen molar-refractivity contribution in [3.05, 3.63) is 85.1 Å². The molecule has 0 spiro atoms. The van der Waals surface area contributed by atoms with Gasteiger partial charge in [0.05, 0.1) is 17.5 Å². The molecule has 3 heterocycles. The first-order valence-corrected chi connectivity index (χ1v) is 7.91. The van der Waals surface area contributed by atoms with Gasteiger partial charge in [0.1, 0.15) is 5.82 Å². The van der Waals surface area contributed by atoms with E-state index >= 15 is 0 Å². The van der Waals surface area contributed by atoms with Crippen molar-refractivity contribution in [1.29, 1.82) is 0 Å². The molecular weight excluding hydrogens is 296 g/mol. The van der Waals surface area contributed by atoms with Crippen LogP contribution in [0.2, 0.25) is 0 Å². The largest absolute Gasteiger partial charge is 0.447 e. The summed E-state index contributed by atoms with van der Waals surface area (Å²) in [6, 6.07) is 26.6. The van der Waals surface area contributed by atoms with Crippen molar-refractivity contribution >= 4 is 22.0 Å². The molecule has 0 aliphatic rings. The van der Waals surface area contributed by atoms with E-state index in [1.165, 1.54) is 5.39 Å². The van der Waals surface area contributed by atoms with Gasteiger partial charge in [0.2, 0.25) is 5.71 Å². The lowest BCUT2D eigenvalue weighted by Crippen LogP contribution is -1.97. The summed E-state index contributed by atoms with van der Waals surface area (Å²) in [5.41, 5.74) is 3.98. The Balaban J connectivity index is 1.80. The molecule has 5 aromatic rings. The predicted molar refractivity (Wildman–Crippen MR) is 96.3 cm³/mol. The smallest absolute Gasteiger partial charge is 0.213 e. The summed E-state index contributed by atoms with van der Waals surface area (Å²) in [5.74, 6) is 0.859. The van der Waals surface area contributed by atoms with E-state index in [0.717, 1.165) is 33.7 Å². The van der Waals surface area contributed by atoms with E-state index < -0.39 is 0 Å². The molecule has 0 fully saturated rings. The normalized spacial score (nSPS) is 11.3. The molecule has 0 N–H and O–H groups in total. The summed E-state index contributed by atoms with van der Waals surface area (Å²) in [4.78, 5) is 4.87. The average molecular weight is 310 g/mol. The van der Waals surface area contributed by atoms with Crippen LogP contribution in [0, 0.1) is 0 Å². The number of nitrogens with zero attached hydrogens (tertiary/aromatic N) is 2. The fourth-order valence-corrected chi connectivity index (χ4v) is 3.23. The van der Waals surface area contributed by atoms with Gasteiger partial charge in [0.15, 0.2) is 0 Å². The van der Waals surface area contributed by atoms with Crippen molar-refractivity contribution < 1.29 is 4.42 Å². The molecule has 114 valence electrons. The van der Waals surface area contributed by atoms with Crippen molar-refractivity contribution in [2.75, 3.05) is 0 Å². The Morgan fingerprint density at radius 2 is 1.54 bits per heavy atom. The molecule has 3 heteroatoms. The molecule has 3 aromatic heterocycles. The van der Waals surface area contributed by atoms with Gasteiger partial charge in [-0.05, 0) is 24.3 Å². The van der Waals surface area contributed by atoms with Crippen LogP contribution < -0.4 is 0 Å². The zero-order valence-corrected chi connectivity index (χ0v) is 12.9. The Kier molecular flexibility index (Phi) is 2.79.